The molecule has 1 aliphatic heterocycles. The van der Waals surface area contributed by atoms with Gasteiger partial charge in [0.05, 0.1) is 0 Å². The first kappa shape index (κ1) is 9.34. The minimum atomic E-state index is 1.19. The molecular formula is C10H14N2Sn. The summed E-state index contributed by atoms with van der Waals surface area (Å²) in [4.78, 5) is 2.47. The predicted molar refractivity (Wildman–Crippen MR) is 57.4 cm³/mol. The fraction of sp³-hybridized carbons (Fsp3) is 0.400. The number of benzene rings is 1. The van der Waals surface area contributed by atoms with Gasteiger partial charge in [0.2, 0.25) is 0 Å². The van der Waals surface area contributed by atoms with Crippen LogP contribution in [0.15, 0.2) is 30.3 Å². The summed E-state index contributed by atoms with van der Waals surface area (Å²) in [5.41, 5.74) is 1.37. The van der Waals surface area contributed by atoms with Gasteiger partial charge in [0.25, 0.3) is 0 Å². The van der Waals surface area contributed by atoms with Gasteiger partial charge < -0.3 is 0 Å². The molecule has 0 spiro atoms. The van der Waals surface area contributed by atoms with E-state index in [9.17, 15) is 0 Å². The molecule has 0 atom stereocenters. The molecule has 2 rings (SSSR count). The quantitative estimate of drug-likeness (QED) is 0.696. The van der Waals surface area contributed by atoms with E-state index in [-0.39, 0.29) is 0 Å². The van der Waals surface area contributed by atoms with E-state index in [1.165, 1.54) is 54.7 Å². The number of rotatable bonds is 1. The molecule has 13 heavy (non-hydrogen) atoms. The fourth-order valence-corrected chi connectivity index (χ4v) is 2.28. The average molecular weight is 281 g/mol. The molecule has 2 radical (unpaired) electrons. The zero-order valence-electron chi connectivity index (χ0n) is 7.69. The van der Waals surface area contributed by atoms with Crippen molar-refractivity contribution >= 4 is 28.5 Å². The Hall–Kier alpha value is -0.221. The van der Waals surface area contributed by atoms with Crippen LogP contribution in [0.1, 0.15) is 0 Å². The molecular weight excluding hydrogens is 267 g/mol. The van der Waals surface area contributed by atoms with Crippen LogP contribution in [-0.2, 0) is 0 Å². The fourth-order valence-electron chi connectivity index (χ4n) is 1.62. The van der Waals surface area contributed by atoms with Gasteiger partial charge >= 0.3 is 93.0 Å². The van der Waals surface area contributed by atoms with Crippen molar-refractivity contribution in [2.24, 2.45) is 0 Å². The molecule has 1 heterocycles. The number of piperazine rings is 1. The van der Waals surface area contributed by atoms with Gasteiger partial charge in [0, 0.05) is 0 Å². The molecule has 0 N–H and O–H groups in total. The molecule has 1 saturated heterocycles. The van der Waals surface area contributed by atoms with E-state index in [4.69, 9.17) is 0 Å². The number of hydrogen-bond donors (Lipinski definition) is 0. The molecule has 0 amide bonds. The molecule has 1 fully saturated rings. The van der Waals surface area contributed by atoms with Crippen LogP contribution >= 0.6 is 0 Å². The molecule has 0 aromatic heterocycles. The summed E-state index contributed by atoms with van der Waals surface area (Å²) >= 11 is 1.27. The van der Waals surface area contributed by atoms with E-state index in [0.29, 0.717) is 0 Å². The third-order valence-corrected chi connectivity index (χ3v) is 3.91. The summed E-state index contributed by atoms with van der Waals surface area (Å²) in [6.45, 7) is 4.84. The van der Waals surface area contributed by atoms with Gasteiger partial charge in [0.1, 0.15) is 0 Å². The maximum atomic E-state index is 2.50. The monoisotopic (exact) mass is 282 g/mol. The molecule has 68 valence electrons. The van der Waals surface area contributed by atoms with E-state index in [1.807, 2.05) is 0 Å². The SMILES string of the molecule is [SnH][N]1CCN(c2ccccc2)CC1. The first-order chi connectivity index (χ1) is 6.36. The molecule has 0 unspecified atom stereocenters. The summed E-state index contributed by atoms with van der Waals surface area (Å²) in [7, 11) is 0. The first-order valence-electron chi connectivity index (χ1n) is 4.66. The van der Waals surface area contributed by atoms with Crippen LogP contribution in [0.4, 0.5) is 5.69 Å². The van der Waals surface area contributed by atoms with Crippen LogP contribution in [0.3, 0.4) is 0 Å². The molecule has 0 aliphatic carbocycles. The second kappa shape index (κ2) is 4.33. The topological polar surface area (TPSA) is 6.48 Å². The van der Waals surface area contributed by atoms with Gasteiger partial charge in [0.15, 0.2) is 0 Å². The summed E-state index contributed by atoms with van der Waals surface area (Å²) in [5.74, 6) is 0. The van der Waals surface area contributed by atoms with Crippen molar-refractivity contribution < 1.29 is 0 Å². The summed E-state index contributed by atoms with van der Waals surface area (Å²) in [6.07, 6.45) is 0. The van der Waals surface area contributed by atoms with Gasteiger partial charge in [-0.15, -0.1) is 0 Å². The van der Waals surface area contributed by atoms with Crippen LogP contribution in [0, 0.1) is 0 Å². The number of anilines is 1. The Bertz CT molecular complexity index is 255. The summed E-state index contributed by atoms with van der Waals surface area (Å²) < 4.78 is 2.50. The Balaban J connectivity index is 2.03. The first-order valence-corrected chi connectivity index (χ1v) is 6.13. The second-order valence-corrected chi connectivity index (χ2v) is 5.44. The predicted octanol–water partition coefficient (Wildman–Crippen LogP) is 0.624. The second-order valence-electron chi connectivity index (χ2n) is 3.36. The van der Waals surface area contributed by atoms with Crippen LogP contribution in [0.25, 0.3) is 0 Å². The third kappa shape index (κ3) is 2.37. The van der Waals surface area contributed by atoms with Crippen molar-refractivity contribution in [2.45, 2.75) is 0 Å². The van der Waals surface area contributed by atoms with Gasteiger partial charge in [-0.3, -0.25) is 0 Å². The standard InChI is InChI=1S/C10H13N2.Sn.H/c1-2-4-10(5-3-1)12-8-6-11-7-9-12;;/h1-5H,6-9H2;;/q-1;+1;. The van der Waals surface area contributed by atoms with Crippen LogP contribution in [0.5, 0.6) is 0 Å². The van der Waals surface area contributed by atoms with Gasteiger partial charge in [-0.2, -0.15) is 0 Å². The Morgan fingerprint density at radius 1 is 0.923 bits per heavy atom. The number of nitrogens with zero attached hydrogens (tertiary/aromatic N) is 2. The molecule has 1 aliphatic rings. The molecule has 3 heteroatoms. The Morgan fingerprint density at radius 2 is 1.54 bits per heavy atom. The van der Waals surface area contributed by atoms with Crippen molar-refractivity contribution in [3.63, 3.8) is 0 Å². The van der Waals surface area contributed by atoms with E-state index in [0.717, 1.165) is 0 Å². The average Bonchev–Trinajstić information content (AvgIpc) is 2.20. The normalized spacial score (nSPS) is 19.0. The van der Waals surface area contributed by atoms with Crippen molar-refractivity contribution in [1.82, 2.24) is 3.12 Å². The van der Waals surface area contributed by atoms with Crippen molar-refractivity contribution in [1.29, 1.82) is 0 Å². The van der Waals surface area contributed by atoms with Crippen LogP contribution in [-0.4, -0.2) is 52.1 Å². The number of para-hydroxylation sites is 1. The molecule has 2 nitrogen and oxygen atoms in total. The van der Waals surface area contributed by atoms with Gasteiger partial charge in [-0.05, 0) is 0 Å². The minimum absolute atomic E-state index is 1.19. The molecule has 0 bridgehead atoms. The Morgan fingerprint density at radius 3 is 2.15 bits per heavy atom. The summed E-state index contributed by atoms with van der Waals surface area (Å²) in [6, 6.07) is 10.7. The maximum absolute atomic E-state index is 2.50. The van der Waals surface area contributed by atoms with Crippen molar-refractivity contribution in [2.75, 3.05) is 31.1 Å². The third-order valence-electron chi connectivity index (χ3n) is 2.44. The van der Waals surface area contributed by atoms with E-state index >= 15 is 0 Å². The van der Waals surface area contributed by atoms with E-state index < -0.39 is 0 Å². The van der Waals surface area contributed by atoms with Crippen LogP contribution < -0.4 is 4.90 Å². The number of hydrogen-bond acceptors (Lipinski definition) is 2. The van der Waals surface area contributed by atoms with E-state index in [1.54, 1.807) is 0 Å². The summed E-state index contributed by atoms with van der Waals surface area (Å²) in [5, 5.41) is 0. The molecule has 1 aromatic carbocycles. The molecule has 0 saturated carbocycles. The van der Waals surface area contributed by atoms with Gasteiger partial charge in [-0.25, -0.2) is 0 Å². The zero-order valence-corrected chi connectivity index (χ0v) is 11.0. The van der Waals surface area contributed by atoms with Crippen molar-refractivity contribution in [3.8, 4) is 0 Å². The molecule has 1 aromatic rings. The zero-order chi connectivity index (χ0) is 9.10. The Kier molecular flexibility index (Phi) is 3.11. The Labute approximate surface area is 93.0 Å². The van der Waals surface area contributed by atoms with E-state index in [2.05, 4.69) is 38.4 Å². The van der Waals surface area contributed by atoms with Crippen LogP contribution in [0.2, 0.25) is 0 Å². The van der Waals surface area contributed by atoms with Crippen molar-refractivity contribution in [3.05, 3.63) is 30.3 Å². The van der Waals surface area contributed by atoms with Gasteiger partial charge in [-0.1, -0.05) is 0 Å².